The first kappa shape index (κ1) is 13.4. The number of rotatable bonds is 1. The summed E-state index contributed by atoms with van der Waals surface area (Å²) in [5, 5.41) is 0. The first-order chi connectivity index (χ1) is 8.70. The summed E-state index contributed by atoms with van der Waals surface area (Å²) < 4.78 is 2.69. The minimum absolute atomic E-state index is 0.168. The minimum Gasteiger partial charge on any atom is -0.399 e. The second-order valence-electron chi connectivity index (χ2n) is 6.06. The standard InChI is InChI=1S/C14H19N3O2/c1-14(2,3)8-12(18)17-11-7-9(15)5-6-10(11)16(4)13(17)19/h5-7H,8,15H2,1-4H3. The summed E-state index contributed by atoms with van der Waals surface area (Å²) in [7, 11) is 1.65. The molecule has 0 saturated carbocycles. The second kappa shape index (κ2) is 4.26. The van der Waals surface area contributed by atoms with E-state index in [0.717, 1.165) is 0 Å². The zero-order valence-corrected chi connectivity index (χ0v) is 11.7. The predicted octanol–water partition coefficient (Wildman–Crippen LogP) is 2.00. The molecule has 0 amide bonds. The van der Waals surface area contributed by atoms with Crippen molar-refractivity contribution in [2.75, 3.05) is 5.73 Å². The summed E-state index contributed by atoms with van der Waals surface area (Å²) in [4.78, 5) is 24.5. The molecule has 0 unspecified atom stereocenters. The summed E-state index contributed by atoms with van der Waals surface area (Å²) in [6, 6.07) is 5.14. The largest absolute Gasteiger partial charge is 0.399 e. The van der Waals surface area contributed by atoms with Gasteiger partial charge >= 0.3 is 5.69 Å². The van der Waals surface area contributed by atoms with E-state index in [1.165, 1.54) is 9.13 Å². The molecule has 5 heteroatoms. The van der Waals surface area contributed by atoms with Crippen LogP contribution in [0.15, 0.2) is 23.0 Å². The number of carbonyl (C=O) groups is 1. The van der Waals surface area contributed by atoms with Crippen molar-refractivity contribution in [1.29, 1.82) is 0 Å². The molecule has 0 fully saturated rings. The van der Waals surface area contributed by atoms with E-state index in [1.807, 2.05) is 20.8 Å². The lowest BCUT2D eigenvalue weighted by Gasteiger charge is -2.16. The highest BCUT2D eigenvalue weighted by Gasteiger charge is 2.22. The van der Waals surface area contributed by atoms with Crippen molar-refractivity contribution in [3.8, 4) is 0 Å². The van der Waals surface area contributed by atoms with Gasteiger partial charge in [-0.25, -0.2) is 9.36 Å². The van der Waals surface area contributed by atoms with Gasteiger partial charge in [0.1, 0.15) is 0 Å². The molecule has 0 bridgehead atoms. The van der Waals surface area contributed by atoms with Crippen LogP contribution in [-0.4, -0.2) is 15.0 Å². The van der Waals surface area contributed by atoms with Crippen molar-refractivity contribution in [2.45, 2.75) is 27.2 Å². The Bertz CT molecular complexity index is 702. The average Bonchev–Trinajstić information content (AvgIpc) is 2.48. The Morgan fingerprint density at radius 3 is 2.47 bits per heavy atom. The maximum Gasteiger partial charge on any atom is 0.335 e. The molecule has 2 aromatic rings. The number of hydrogen-bond acceptors (Lipinski definition) is 3. The minimum atomic E-state index is -0.324. The number of hydrogen-bond donors (Lipinski definition) is 1. The van der Waals surface area contributed by atoms with Crippen molar-refractivity contribution in [1.82, 2.24) is 9.13 Å². The van der Waals surface area contributed by atoms with E-state index < -0.39 is 0 Å². The average molecular weight is 261 g/mol. The third kappa shape index (κ3) is 2.41. The monoisotopic (exact) mass is 261 g/mol. The molecule has 0 aliphatic carbocycles. The van der Waals surface area contributed by atoms with Gasteiger partial charge in [0.2, 0.25) is 5.91 Å². The zero-order valence-electron chi connectivity index (χ0n) is 11.7. The maximum absolute atomic E-state index is 12.3. The van der Waals surface area contributed by atoms with Gasteiger partial charge in [0.05, 0.1) is 11.0 Å². The first-order valence-corrected chi connectivity index (χ1v) is 6.21. The Balaban J connectivity index is 2.66. The number of nitrogens with zero attached hydrogens (tertiary/aromatic N) is 2. The highest BCUT2D eigenvalue weighted by atomic mass is 16.2. The van der Waals surface area contributed by atoms with Gasteiger partial charge < -0.3 is 5.73 Å². The Morgan fingerprint density at radius 2 is 1.89 bits per heavy atom. The summed E-state index contributed by atoms with van der Waals surface area (Å²) in [5.74, 6) is -0.200. The van der Waals surface area contributed by atoms with Gasteiger partial charge in [-0.15, -0.1) is 0 Å². The van der Waals surface area contributed by atoms with Gasteiger partial charge in [0, 0.05) is 19.2 Å². The van der Waals surface area contributed by atoms with Gasteiger partial charge in [0.15, 0.2) is 0 Å². The topological polar surface area (TPSA) is 70.0 Å². The fraction of sp³-hybridized carbons (Fsp3) is 0.429. The first-order valence-electron chi connectivity index (χ1n) is 6.21. The molecule has 1 aromatic heterocycles. The molecule has 5 nitrogen and oxygen atoms in total. The molecule has 0 atom stereocenters. The molecule has 1 heterocycles. The van der Waals surface area contributed by atoms with Gasteiger partial charge in [-0.2, -0.15) is 0 Å². The summed E-state index contributed by atoms with van der Waals surface area (Å²) in [6.07, 6.45) is 0.306. The Labute approximate surface area is 111 Å². The van der Waals surface area contributed by atoms with Crippen LogP contribution in [0.1, 0.15) is 32.0 Å². The fourth-order valence-corrected chi connectivity index (χ4v) is 2.13. The van der Waals surface area contributed by atoms with Crippen LogP contribution in [0.4, 0.5) is 5.69 Å². The molecule has 0 radical (unpaired) electrons. The second-order valence-corrected chi connectivity index (χ2v) is 6.06. The lowest BCUT2D eigenvalue weighted by molar-refractivity contribution is 0.0857. The third-order valence-electron chi connectivity index (χ3n) is 3.01. The third-order valence-corrected chi connectivity index (χ3v) is 3.01. The quantitative estimate of drug-likeness (QED) is 0.798. The highest BCUT2D eigenvalue weighted by molar-refractivity contribution is 5.92. The lowest BCUT2D eigenvalue weighted by atomic mass is 9.92. The van der Waals surface area contributed by atoms with E-state index >= 15 is 0 Å². The van der Waals surface area contributed by atoms with E-state index in [2.05, 4.69) is 0 Å². The molecule has 102 valence electrons. The normalized spacial score (nSPS) is 12.0. The van der Waals surface area contributed by atoms with E-state index in [0.29, 0.717) is 23.1 Å². The van der Waals surface area contributed by atoms with Crippen LogP contribution in [0, 0.1) is 5.41 Å². The van der Waals surface area contributed by atoms with Crippen LogP contribution in [0.25, 0.3) is 11.0 Å². The molecule has 0 spiro atoms. The summed E-state index contributed by atoms with van der Waals surface area (Å²) >= 11 is 0. The number of anilines is 1. The number of carbonyl (C=O) groups excluding carboxylic acids is 1. The molecular weight excluding hydrogens is 242 g/mol. The van der Waals surface area contributed by atoms with Crippen LogP contribution in [0.3, 0.4) is 0 Å². The number of nitrogen functional groups attached to an aromatic ring is 1. The van der Waals surface area contributed by atoms with Gasteiger partial charge in [0.25, 0.3) is 0 Å². The molecule has 2 N–H and O–H groups in total. The zero-order chi connectivity index (χ0) is 14.4. The predicted molar refractivity (Wildman–Crippen MR) is 76.3 cm³/mol. The maximum atomic E-state index is 12.3. The number of imidazole rings is 1. The van der Waals surface area contributed by atoms with Crippen LogP contribution in [0.5, 0.6) is 0 Å². The summed E-state index contributed by atoms with van der Waals surface area (Å²) in [5.41, 5.74) is 7.07. The molecule has 0 saturated heterocycles. The van der Waals surface area contributed by atoms with Crippen molar-refractivity contribution in [3.05, 3.63) is 28.7 Å². The molecule has 19 heavy (non-hydrogen) atoms. The molecule has 0 aliphatic heterocycles. The lowest BCUT2D eigenvalue weighted by Crippen LogP contribution is -2.30. The Hall–Kier alpha value is -2.04. The van der Waals surface area contributed by atoms with Crippen LogP contribution < -0.4 is 11.4 Å². The van der Waals surface area contributed by atoms with Crippen molar-refractivity contribution in [2.24, 2.45) is 12.5 Å². The Morgan fingerprint density at radius 1 is 1.26 bits per heavy atom. The van der Waals surface area contributed by atoms with Crippen LogP contribution in [0.2, 0.25) is 0 Å². The van der Waals surface area contributed by atoms with E-state index in [4.69, 9.17) is 5.73 Å². The number of aromatic nitrogens is 2. The summed E-state index contributed by atoms with van der Waals surface area (Å²) in [6.45, 7) is 5.90. The fourth-order valence-electron chi connectivity index (χ4n) is 2.13. The number of aryl methyl sites for hydroxylation is 1. The van der Waals surface area contributed by atoms with Crippen LogP contribution in [-0.2, 0) is 7.05 Å². The van der Waals surface area contributed by atoms with E-state index in [1.54, 1.807) is 25.2 Å². The molecule has 2 rings (SSSR count). The SMILES string of the molecule is Cn1c(=O)n(C(=O)CC(C)(C)C)c2cc(N)ccc21. The molecule has 0 aliphatic rings. The number of benzene rings is 1. The number of fused-ring (bicyclic) bond motifs is 1. The Kier molecular flexibility index (Phi) is 3.00. The van der Waals surface area contributed by atoms with Gasteiger partial charge in [-0.05, 0) is 23.6 Å². The van der Waals surface area contributed by atoms with E-state index in [9.17, 15) is 9.59 Å². The van der Waals surface area contributed by atoms with E-state index in [-0.39, 0.29) is 17.0 Å². The highest BCUT2D eigenvalue weighted by Crippen LogP contribution is 2.22. The van der Waals surface area contributed by atoms with Crippen LogP contribution >= 0.6 is 0 Å². The van der Waals surface area contributed by atoms with Gasteiger partial charge in [-0.1, -0.05) is 20.8 Å². The van der Waals surface area contributed by atoms with Crippen molar-refractivity contribution in [3.63, 3.8) is 0 Å². The smallest absolute Gasteiger partial charge is 0.335 e. The van der Waals surface area contributed by atoms with Gasteiger partial charge in [-0.3, -0.25) is 9.36 Å². The van der Waals surface area contributed by atoms with Crippen molar-refractivity contribution < 1.29 is 4.79 Å². The molecular formula is C14H19N3O2. The number of nitrogens with two attached hydrogens (primary N) is 1. The van der Waals surface area contributed by atoms with Crippen molar-refractivity contribution >= 4 is 22.6 Å². The molecule has 1 aromatic carbocycles.